The van der Waals surface area contributed by atoms with E-state index in [1.807, 2.05) is 6.07 Å². The molecule has 0 saturated heterocycles. The van der Waals surface area contributed by atoms with E-state index in [0.29, 0.717) is 27.2 Å². The van der Waals surface area contributed by atoms with Gasteiger partial charge < -0.3 is 11.1 Å². The second kappa shape index (κ2) is 5.19. The standard InChI is InChI=1S/C14H9N5OS/c15-5-8-3-1-2-4-10(8)18-13(20)9-7-21-14-12(9)19-11(16)6-17-14/h1-4,6-7H,(H2,16,19)(H,18,20). The number of nitriles is 1. The fourth-order valence-corrected chi connectivity index (χ4v) is 2.69. The van der Waals surface area contributed by atoms with Gasteiger partial charge in [0, 0.05) is 5.38 Å². The van der Waals surface area contributed by atoms with E-state index in [4.69, 9.17) is 11.0 Å². The van der Waals surface area contributed by atoms with Gasteiger partial charge in [0.15, 0.2) is 0 Å². The molecule has 3 aromatic rings. The quantitative estimate of drug-likeness (QED) is 0.755. The number of benzene rings is 1. The first-order chi connectivity index (χ1) is 10.2. The van der Waals surface area contributed by atoms with Crippen LogP contribution in [0.25, 0.3) is 10.3 Å². The number of thiophene rings is 1. The Morgan fingerprint density at radius 3 is 3.00 bits per heavy atom. The first kappa shape index (κ1) is 13.0. The molecule has 1 amide bonds. The van der Waals surface area contributed by atoms with E-state index in [0.717, 1.165) is 0 Å². The third-order valence-electron chi connectivity index (χ3n) is 2.84. The summed E-state index contributed by atoms with van der Waals surface area (Å²) in [4.78, 5) is 21.3. The van der Waals surface area contributed by atoms with Crippen molar-refractivity contribution in [3.8, 4) is 6.07 Å². The number of aromatic nitrogens is 2. The maximum Gasteiger partial charge on any atom is 0.258 e. The van der Waals surface area contributed by atoms with E-state index in [1.54, 1.807) is 29.6 Å². The van der Waals surface area contributed by atoms with Crippen LogP contribution in [0.5, 0.6) is 0 Å². The van der Waals surface area contributed by atoms with Crippen LogP contribution in [-0.2, 0) is 0 Å². The minimum atomic E-state index is -0.344. The number of fused-ring (bicyclic) bond motifs is 1. The zero-order valence-corrected chi connectivity index (χ0v) is 11.5. The highest BCUT2D eigenvalue weighted by Gasteiger charge is 2.16. The summed E-state index contributed by atoms with van der Waals surface area (Å²) >= 11 is 1.32. The fraction of sp³-hybridized carbons (Fsp3) is 0. The molecule has 0 bridgehead atoms. The van der Waals surface area contributed by atoms with Gasteiger partial charge in [-0.25, -0.2) is 9.97 Å². The molecule has 0 aliphatic heterocycles. The topological polar surface area (TPSA) is 105 Å². The third kappa shape index (κ3) is 2.40. The number of nitrogens with two attached hydrogens (primary N) is 1. The van der Waals surface area contributed by atoms with Gasteiger partial charge in [0.2, 0.25) is 0 Å². The summed E-state index contributed by atoms with van der Waals surface area (Å²) in [5.41, 5.74) is 7.32. The first-order valence-electron chi connectivity index (χ1n) is 5.99. The van der Waals surface area contributed by atoms with Crippen molar-refractivity contribution in [3.63, 3.8) is 0 Å². The summed E-state index contributed by atoms with van der Waals surface area (Å²) < 4.78 is 0. The molecule has 21 heavy (non-hydrogen) atoms. The molecule has 0 atom stereocenters. The highest BCUT2D eigenvalue weighted by molar-refractivity contribution is 7.17. The van der Waals surface area contributed by atoms with Crippen LogP contribution in [0.15, 0.2) is 35.8 Å². The zero-order valence-electron chi connectivity index (χ0n) is 10.7. The van der Waals surface area contributed by atoms with Crippen LogP contribution >= 0.6 is 11.3 Å². The lowest BCUT2D eigenvalue weighted by Gasteiger charge is -2.05. The molecule has 7 heteroatoms. The van der Waals surface area contributed by atoms with E-state index in [-0.39, 0.29) is 11.7 Å². The first-order valence-corrected chi connectivity index (χ1v) is 6.87. The number of para-hydroxylation sites is 1. The van der Waals surface area contributed by atoms with Gasteiger partial charge in [-0.05, 0) is 12.1 Å². The van der Waals surface area contributed by atoms with Crippen LogP contribution < -0.4 is 11.1 Å². The van der Waals surface area contributed by atoms with Crippen molar-refractivity contribution in [2.45, 2.75) is 0 Å². The molecule has 3 N–H and O–H groups in total. The summed E-state index contributed by atoms with van der Waals surface area (Å²) in [6, 6.07) is 8.83. The Kier molecular flexibility index (Phi) is 3.22. The summed E-state index contributed by atoms with van der Waals surface area (Å²) in [6.45, 7) is 0. The molecule has 102 valence electrons. The molecule has 0 spiro atoms. The lowest BCUT2D eigenvalue weighted by molar-refractivity contribution is 0.102. The number of carbonyl (C=O) groups is 1. The molecule has 2 aromatic heterocycles. The van der Waals surface area contributed by atoms with Crippen molar-refractivity contribution in [1.29, 1.82) is 5.26 Å². The smallest absolute Gasteiger partial charge is 0.258 e. The van der Waals surface area contributed by atoms with Crippen LogP contribution in [0.2, 0.25) is 0 Å². The Balaban J connectivity index is 1.98. The molecular formula is C14H9N5OS. The van der Waals surface area contributed by atoms with Crippen molar-refractivity contribution < 1.29 is 4.79 Å². The maximum atomic E-state index is 12.3. The predicted octanol–water partition coefficient (Wildman–Crippen LogP) is 2.40. The maximum absolute atomic E-state index is 12.3. The molecule has 0 aliphatic carbocycles. The van der Waals surface area contributed by atoms with Crippen LogP contribution in [0.1, 0.15) is 15.9 Å². The van der Waals surface area contributed by atoms with E-state index < -0.39 is 0 Å². The van der Waals surface area contributed by atoms with Gasteiger partial charge in [-0.15, -0.1) is 11.3 Å². The molecule has 3 rings (SSSR count). The van der Waals surface area contributed by atoms with Crippen molar-refractivity contribution >= 4 is 39.1 Å². The van der Waals surface area contributed by atoms with Crippen molar-refractivity contribution in [2.75, 3.05) is 11.1 Å². The molecular weight excluding hydrogens is 286 g/mol. The summed E-state index contributed by atoms with van der Waals surface area (Å²) in [5.74, 6) is -0.0868. The minimum Gasteiger partial charge on any atom is -0.382 e. The molecule has 0 aliphatic rings. The van der Waals surface area contributed by atoms with Gasteiger partial charge in [-0.3, -0.25) is 4.79 Å². The third-order valence-corrected chi connectivity index (χ3v) is 3.72. The van der Waals surface area contributed by atoms with Crippen molar-refractivity contribution in [3.05, 3.63) is 47.0 Å². The molecule has 2 heterocycles. The Labute approximate surface area is 123 Å². The number of anilines is 2. The Morgan fingerprint density at radius 1 is 1.38 bits per heavy atom. The van der Waals surface area contributed by atoms with Gasteiger partial charge in [0.05, 0.1) is 23.0 Å². The van der Waals surface area contributed by atoms with Gasteiger partial charge in [-0.2, -0.15) is 5.26 Å². The number of hydrogen-bond acceptors (Lipinski definition) is 6. The van der Waals surface area contributed by atoms with Crippen LogP contribution in [0.4, 0.5) is 11.5 Å². The lowest BCUT2D eigenvalue weighted by Crippen LogP contribution is -2.12. The summed E-state index contributed by atoms with van der Waals surface area (Å²) in [7, 11) is 0. The molecule has 1 aromatic carbocycles. The van der Waals surface area contributed by atoms with Crippen LogP contribution in [0.3, 0.4) is 0 Å². The molecule has 0 unspecified atom stereocenters. The van der Waals surface area contributed by atoms with Crippen molar-refractivity contribution in [1.82, 2.24) is 9.97 Å². The number of hydrogen-bond donors (Lipinski definition) is 2. The van der Waals surface area contributed by atoms with Crippen molar-refractivity contribution in [2.24, 2.45) is 0 Å². The highest BCUT2D eigenvalue weighted by atomic mass is 32.1. The van der Waals surface area contributed by atoms with Gasteiger partial charge in [0.1, 0.15) is 22.2 Å². The molecule has 6 nitrogen and oxygen atoms in total. The second-order valence-corrected chi connectivity index (χ2v) is 5.07. The van der Waals surface area contributed by atoms with Gasteiger partial charge in [0.25, 0.3) is 5.91 Å². The Hall–Kier alpha value is -2.98. The SMILES string of the molecule is N#Cc1ccccc1NC(=O)c1csc2ncc(N)nc12. The van der Waals surface area contributed by atoms with Crippen LogP contribution in [-0.4, -0.2) is 15.9 Å². The molecule has 0 saturated carbocycles. The number of carbonyl (C=O) groups excluding carboxylic acids is 1. The normalized spacial score (nSPS) is 10.2. The number of amides is 1. The Bertz CT molecular complexity index is 880. The van der Waals surface area contributed by atoms with E-state index in [2.05, 4.69) is 15.3 Å². The lowest BCUT2D eigenvalue weighted by atomic mass is 10.2. The summed E-state index contributed by atoms with van der Waals surface area (Å²) in [5, 5.41) is 13.4. The summed E-state index contributed by atoms with van der Waals surface area (Å²) in [6.07, 6.45) is 1.45. The van der Waals surface area contributed by atoms with E-state index >= 15 is 0 Å². The average Bonchev–Trinajstić information content (AvgIpc) is 2.90. The number of nitrogens with zero attached hydrogens (tertiary/aromatic N) is 3. The van der Waals surface area contributed by atoms with Gasteiger partial charge in [-0.1, -0.05) is 12.1 Å². The molecule has 0 fully saturated rings. The number of rotatable bonds is 2. The number of nitrogens with one attached hydrogen (secondary N) is 1. The van der Waals surface area contributed by atoms with E-state index in [1.165, 1.54) is 17.5 Å². The molecule has 0 radical (unpaired) electrons. The second-order valence-electron chi connectivity index (χ2n) is 4.21. The minimum absolute atomic E-state index is 0.257. The van der Waals surface area contributed by atoms with Crippen LogP contribution in [0, 0.1) is 11.3 Å². The Morgan fingerprint density at radius 2 is 2.19 bits per heavy atom. The largest absolute Gasteiger partial charge is 0.382 e. The monoisotopic (exact) mass is 295 g/mol. The predicted molar refractivity (Wildman–Crippen MR) is 80.9 cm³/mol. The highest BCUT2D eigenvalue weighted by Crippen LogP contribution is 2.24. The van der Waals surface area contributed by atoms with E-state index in [9.17, 15) is 4.79 Å². The number of nitrogen functional groups attached to an aromatic ring is 1. The van der Waals surface area contributed by atoms with Gasteiger partial charge >= 0.3 is 0 Å². The average molecular weight is 295 g/mol. The fourth-order valence-electron chi connectivity index (χ4n) is 1.86. The zero-order chi connectivity index (χ0) is 14.8.